The van der Waals surface area contributed by atoms with Crippen molar-refractivity contribution in [2.75, 3.05) is 13.1 Å². The van der Waals surface area contributed by atoms with Crippen molar-refractivity contribution in [2.24, 2.45) is 5.73 Å². The van der Waals surface area contributed by atoms with Crippen molar-refractivity contribution in [3.63, 3.8) is 0 Å². The monoisotopic (exact) mass is 294 g/mol. The molecule has 1 aliphatic rings. The summed E-state index contributed by atoms with van der Waals surface area (Å²) in [6, 6.07) is 4.18. The Morgan fingerprint density at radius 3 is 2.52 bits per heavy atom. The Bertz CT molecular complexity index is 499. The van der Waals surface area contributed by atoms with Crippen LogP contribution in [0, 0.1) is 5.82 Å². The molecule has 0 saturated carbocycles. The Balaban J connectivity index is 2.00. The van der Waals surface area contributed by atoms with Crippen LogP contribution in [0.3, 0.4) is 0 Å². The van der Waals surface area contributed by atoms with Crippen molar-refractivity contribution in [3.8, 4) is 5.75 Å². The fourth-order valence-electron chi connectivity index (χ4n) is 2.58. The van der Waals surface area contributed by atoms with Crippen molar-refractivity contribution < 1.29 is 13.9 Å². The number of hydrogen-bond acceptors (Lipinski definition) is 3. The number of hydrogen-bond donors (Lipinski definition) is 1. The summed E-state index contributed by atoms with van der Waals surface area (Å²) in [7, 11) is 0. The zero-order valence-corrected chi connectivity index (χ0v) is 12.6. The second-order valence-electron chi connectivity index (χ2n) is 5.62. The van der Waals surface area contributed by atoms with Gasteiger partial charge in [-0.1, -0.05) is 6.07 Å². The third kappa shape index (κ3) is 3.94. The van der Waals surface area contributed by atoms with Gasteiger partial charge in [0.2, 0.25) is 0 Å². The molecular formula is C16H23FN2O2. The largest absolute Gasteiger partial charge is 0.481 e. The normalized spacial score (nSPS) is 18.2. The molecule has 4 nitrogen and oxygen atoms in total. The van der Waals surface area contributed by atoms with Crippen LogP contribution in [-0.2, 0) is 4.79 Å². The van der Waals surface area contributed by atoms with Crippen molar-refractivity contribution in [1.29, 1.82) is 0 Å². The molecular weight excluding hydrogens is 271 g/mol. The van der Waals surface area contributed by atoms with Crippen LogP contribution in [0.5, 0.6) is 5.75 Å². The molecule has 0 radical (unpaired) electrons. The Morgan fingerprint density at radius 2 is 1.95 bits per heavy atom. The summed E-state index contributed by atoms with van der Waals surface area (Å²) in [6.45, 7) is 4.99. The van der Waals surface area contributed by atoms with Crippen molar-refractivity contribution in [2.45, 2.75) is 45.3 Å². The van der Waals surface area contributed by atoms with E-state index in [0.29, 0.717) is 11.3 Å². The highest BCUT2D eigenvalue weighted by Crippen LogP contribution is 2.22. The molecule has 1 amide bonds. The van der Waals surface area contributed by atoms with E-state index < -0.39 is 11.9 Å². The fraction of sp³-hybridized carbons (Fsp3) is 0.562. The second-order valence-corrected chi connectivity index (χ2v) is 5.62. The van der Waals surface area contributed by atoms with Gasteiger partial charge in [0.1, 0.15) is 11.6 Å². The van der Waals surface area contributed by atoms with Gasteiger partial charge in [-0.25, -0.2) is 4.39 Å². The van der Waals surface area contributed by atoms with Crippen LogP contribution in [0.25, 0.3) is 0 Å². The Morgan fingerprint density at radius 1 is 1.29 bits per heavy atom. The zero-order valence-electron chi connectivity index (χ0n) is 12.6. The lowest BCUT2D eigenvalue weighted by atomic mass is 10.1. The van der Waals surface area contributed by atoms with E-state index in [2.05, 4.69) is 0 Å². The highest BCUT2D eigenvalue weighted by molar-refractivity contribution is 5.81. The minimum absolute atomic E-state index is 0.0358. The highest BCUT2D eigenvalue weighted by Gasteiger charge is 2.23. The topological polar surface area (TPSA) is 55.6 Å². The number of carbonyl (C=O) groups is 1. The van der Waals surface area contributed by atoms with Crippen LogP contribution in [0.4, 0.5) is 4.39 Å². The average Bonchev–Trinajstić information content (AvgIpc) is 2.47. The summed E-state index contributed by atoms with van der Waals surface area (Å²) in [4.78, 5) is 14.1. The smallest absolute Gasteiger partial charge is 0.263 e. The first-order chi connectivity index (χ1) is 9.99. The first kappa shape index (κ1) is 15.8. The first-order valence-electron chi connectivity index (χ1n) is 7.49. The number of ether oxygens (including phenoxy) is 1. The zero-order chi connectivity index (χ0) is 15.4. The van der Waals surface area contributed by atoms with Gasteiger partial charge >= 0.3 is 0 Å². The minimum atomic E-state index is -0.608. The number of nitrogens with zero attached hydrogens (tertiary/aromatic N) is 1. The van der Waals surface area contributed by atoms with Crippen LogP contribution < -0.4 is 10.5 Å². The van der Waals surface area contributed by atoms with Crippen LogP contribution in [0.2, 0.25) is 0 Å². The third-order valence-corrected chi connectivity index (χ3v) is 3.79. The van der Waals surface area contributed by atoms with Crippen LogP contribution in [0.1, 0.15) is 44.7 Å². The molecule has 5 heteroatoms. The number of benzene rings is 1. The summed E-state index contributed by atoms with van der Waals surface area (Å²) in [5.74, 6) is -0.0822. The number of carbonyl (C=O) groups excluding carboxylic acids is 1. The summed E-state index contributed by atoms with van der Waals surface area (Å²) in [6.07, 6.45) is 2.64. The van der Waals surface area contributed by atoms with E-state index in [1.54, 1.807) is 26.0 Å². The van der Waals surface area contributed by atoms with Crippen molar-refractivity contribution >= 4 is 5.91 Å². The molecule has 1 unspecified atom stereocenters. The highest BCUT2D eigenvalue weighted by atomic mass is 19.1. The molecule has 2 atom stereocenters. The molecule has 1 heterocycles. The Hall–Kier alpha value is -1.62. The molecule has 116 valence electrons. The van der Waals surface area contributed by atoms with Gasteiger partial charge in [0.05, 0.1) is 0 Å². The van der Waals surface area contributed by atoms with Crippen molar-refractivity contribution in [1.82, 2.24) is 4.90 Å². The van der Waals surface area contributed by atoms with Crippen LogP contribution in [-0.4, -0.2) is 30.0 Å². The lowest BCUT2D eigenvalue weighted by Crippen LogP contribution is -2.43. The number of amides is 1. The number of halogens is 1. The maximum Gasteiger partial charge on any atom is 0.263 e. The van der Waals surface area contributed by atoms with Crippen molar-refractivity contribution in [3.05, 3.63) is 29.6 Å². The number of nitrogens with two attached hydrogens (primary N) is 1. The fourth-order valence-corrected chi connectivity index (χ4v) is 2.58. The van der Waals surface area contributed by atoms with Crippen LogP contribution >= 0.6 is 0 Å². The standard InChI is InChI=1S/C16H23FN2O2/c1-11(18)14-7-6-13(10-15(14)17)21-12(2)16(20)19-8-4-3-5-9-19/h6-7,10-12H,3-5,8-9,18H2,1-2H3/t11-,12?/m1/s1. The van der Waals surface area contributed by atoms with Gasteiger partial charge in [0, 0.05) is 30.8 Å². The number of rotatable bonds is 4. The van der Waals surface area contributed by atoms with Gasteiger partial charge in [-0.2, -0.15) is 0 Å². The predicted molar refractivity (Wildman–Crippen MR) is 79.5 cm³/mol. The lowest BCUT2D eigenvalue weighted by Gasteiger charge is -2.29. The second kappa shape index (κ2) is 6.89. The summed E-state index contributed by atoms with van der Waals surface area (Å²) < 4.78 is 19.4. The molecule has 1 aromatic carbocycles. The molecule has 0 bridgehead atoms. The summed E-state index contributed by atoms with van der Waals surface area (Å²) >= 11 is 0. The number of piperidine rings is 1. The van der Waals surface area contributed by atoms with E-state index in [1.807, 2.05) is 4.90 Å². The van der Waals surface area contributed by atoms with E-state index >= 15 is 0 Å². The minimum Gasteiger partial charge on any atom is -0.481 e. The van der Waals surface area contributed by atoms with Gasteiger partial charge in [0.15, 0.2) is 6.10 Å². The molecule has 1 aromatic rings. The molecule has 1 saturated heterocycles. The first-order valence-corrected chi connectivity index (χ1v) is 7.49. The van der Waals surface area contributed by atoms with E-state index in [9.17, 15) is 9.18 Å². The summed E-state index contributed by atoms with van der Waals surface area (Å²) in [5.41, 5.74) is 6.11. The Kier molecular flexibility index (Phi) is 5.17. The predicted octanol–water partition coefficient (Wildman–Crippen LogP) is 2.63. The lowest BCUT2D eigenvalue weighted by molar-refractivity contribution is -0.138. The SMILES string of the molecule is CC(Oc1ccc([C@@H](C)N)c(F)c1)C(=O)N1CCCCC1. The molecule has 21 heavy (non-hydrogen) atoms. The quantitative estimate of drug-likeness (QED) is 0.928. The van der Waals surface area contributed by atoms with Crippen LogP contribution in [0.15, 0.2) is 18.2 Å². The average molecular weight is 294 g/mol. The molecule has 0 aliphatic carbocycles. The van der Waals surface area contributed by atoms with Gasteiger partial charge < -0.3 is 15.4 Å². The van der Waals surface area contributed by atoms with E-state index in [4.69, 9.17) is 10.5 Å². The van der Waals surface area contributed by atoms with Gasteiger partial charge in [-0.3, -0.25) is 4.79 Å². The van der Waals surface area contributed by atoms with E-state index in [-0.39, 0.29) is 11.9 Å². The Labute approximate surface area is 125 Å². The molecule has 0 spiro atoms. The maximum atomic E-state index is 13.9. The van der Waals surface area contributed by atoms with E-state index in [0.717, 1.165) is 25.9 Å². The molecule has 2 rings (SSSR count). The van der Waals surface area contributed by atoms with Gasteiger partial charge in [-0.15, -0.1) is 0 Å². The molecule has 2 N–H and O–H groups in total. The summed E-state index contributed by atoms with van der Waals surface area (Å²) in [5, 5.41) is 0. The number of likely N-dealkylation sites (tertiary alicyclic amines) is 1. The maximum absolute atomic E-state index is 13.9. The molecule has 1 aliphatic heterocycles. The third-order valence-electron chi connectivity index (χ3n) is 3.79. The van der Waals surface area contributed by atoms with E-state index in [1.165, 1.54) is 12.5 Å². The molecule has 0 aromatic heterocycles. The molecule has 1 fully saturated rings. The van der Waals surface area contributed by atoms with Gasteiger partial charge in [0.25, 0.3) is 5.91 Å². The van der Waals surface area contributed by atoms with Gasteiger partial charge in [-0.05, 0) is 39.2 Å².